The first kappa shape index (κ1) is 25.4. The molecule has 2 heterocycles. The zero-order valence-electron chi connectivity index (χ0n) is 20.7. The molecule has 3 aromatic rings. The number of ether oxygens (including phenoxy) is 3. The fraction of sp³-hybridized carbons (Fsp3) is 0.345. The van der Waals surface area contributed by atoms with Crippen LogP contribution in [0.5, 0.6) is 0 Å². The fourth-order valence-corrected chi connectivity index (χ4v) is 6.38. The molecule has 0 saturated carbocycles. The van der Waals surface area contributed by atoms with Gasteiger partial charge in [0.1, 0.15) is 5.54 Å². The Hall–Kier alpha value is -3.23. The maximum atomic E-state index is 14.1. The molecule has 0 aromatic heterocycles. The summed E-state index contributed by atoms with van der Waals surface area (Å²) in [4.78, 5) is 41.7. The number of nitrogens with one attached hydrogen (secondary N) is 1. The first-order valence-electron chi connectivity index (χ1n) is 12.4. The maximum absolute atomic E-state index is 14.1. The van der Waals surface area contributed by atoms with Gasteiger partial charge < -0.3 is 14.2 Å². The van der Waals surface area contributed by atoms with Gasteiger partial charge in [-0.05, 0) is 53.9 Å². The number of carbonyl (C=O) groups excluding carboxylic acids is 3. The van der Waals surface area contributed by atoms with Crippen LogP contribution in [0.15, 0.2) is 71.2 Å². The fourth-order valence-electron chi connectivity index (χ4n) is 5.96. The molecule has 0 bridgehead atoms. The van der Waals surface area contributed by atoms with E-state index in [9.17, 15) is 14.4 Å². The van der Waals surface area contributed by atoms with Crippen molar-refractivity contribution in [2.75, 3.05) is 19.8 Å². The molecule has 3 aromatic carbocycles. The van der Waals surface area contributed by atoms with E-state index in [1.807, 2.05) is 66.7 Å². The number of hydrogen-bond donors (Lipinski definition) is 1. The molecule has 7 nitrogen and oxygen atoms in total. The van der Waals surface area contributed by atoms with Gasteiger partial charge >= 0.3 is 17.9 Å². The van der Waals surface area contributed by atoms with Gasteiger partial charge in [-0.2, -0.15) is 0 Å². The summed E-state index contributed by atoms with van der Waals surface area (Å²) in [6.45, 7) is 3.68. The SMILES string of the molecule is CCOC(=O)C1(C(=O)OCC)C(c2cccc(Br)c2)[C@@]2(CCOC2=O)N[C@@H]1c1ccc2ccccc2c1. The second kappa shape index (κ2) is 9.91. The molecule has 2 fully saturated rings. The summed E-state index contributed by atoms with van der Waals surface area (Å²) in [6, 6.07) is 20.0. The Kier molecular flexibility index (Phi) is 6.81. The molecule has 8 heteroatoms. The van der Waals surface area contributed by atoms with Crippen molar-refractivity contribution in [1.29, 1.82) is 0 Å². The lowest BCUT2D eigenvalue weighted by atomic mass is 9.62. The second-order valence-electron chi connectivity index (χ2n) is 9.34. The van der Waals surface area contributed by atoms with Crippen molar-refractivity contribution in [1.82, 2.24) is 5.32 Å². The van der Waals surface area contributed by atoms with Gasteiger partial charge in [-0.1, -0.05) is 64.5 Å². The molecule has 5 rings (SSSR count). The maximum Gasteiger partial charge on any atom is 0.327 e. The van der Waals surface area contributed by atoms with E-state index in [2.05, 4.69) is 21.2 Å². The van der Waals surface area contributed by atoms with Crippen LogP contribution in [0.3, 0.4) is 0 Å². The molecule has 1 spiro atoms. The third-order valence-corrected chi connectivity index (χ3v) is 7.91. The normalized spacial score (nSPS) is 24.2. The first-order chi connectivity index (χ1) is 17.9. The molecule has 192 valence electrons. The molecule has 0 aliphatic carbocycles. The largest absolute Gasteiger partial charge is 0.465 e. The van der Waals surface area contributed by atoms with Crippen molar-refractivity contribution in [2.24, 2.45) is 5.41 Å². The van der Waals surface area contributed by atoms with Crippen molar-refractivity contribution in [2.45, 2.75) is 37.8 Å². The van der Waals surface area contributed by atoms with E-state index in [4.69, 9.17) is 14.2 Å². The lowest BCUT2D eigenvalue weighted by Crippen LogP contribution is -2.52. The summed E-state index contributed by atoms with van der Waals surface area (Å²) in [5, 5.41) is 5.40. The smallest absolute Gasteiger partial charge is 0.327 e. The highest BCUT2D eigenvalue weighted by molar-refractivity contribution is 9.10. The van der Waals surface area contributed by atoms with E-state index >= 15 is 0 Å². The van der Waals surface area contributed by atoms with E-state index in [1.165, 1.54) is 0 Å². The van der Waals surface area contributed by atoms with Gasteiger partial charge in [0.25, 0.3) is 0 Å². The third-order valence-electron chi connectivity index (χ3n) is 7.41. The van der Waals surface area contributed by atoms with Crippen LogP contribution in [0, 0.1) is 5.41 Å². The number of hydrogen-bond acceptors (Lipinski definition) is 7. The van der Waals surface area contributed by atoms with Crippen LogP contribution < -0.4 is 5.32 Å². The monoisotopic (exact) mass is 565 g/mol. The van der Waals surface area contributed by atoms with Crippen molar-refractivity contribution >= 4 is 44.6 Å². The van der Waals surface area contributed by atoms with E-state index in [0.717, 1.165) is 15.2 Å². The number of fused-ring (bicyclic) bond motifs is 1. The van der Waals surface area contributed by atoms with Gasteiger partial charge in [0, 0.05) is 16.8 Å². The van der Waals surface area contributed by atoms with Gasteiger partial charge in [0.15, 0.2) is 5.41 Å². The number of carbonyl (C=O) groups is 3. The summed E-state index contributed by atoms with van der Waals surface area (Å²) in [6.07, 6.45) is 0.285. The summed E-state index contributed by atoms with van der Waals surface area (Å²) in [7, 11) is 0. The summed E-state index contributed by atoms with van der Waals surface area (Å²) < 4.78 is 17.5. The molecular formula is C29H28BrNO6. The molecule has 0 radical (unpaired) electrons. The van der Waals surface area contributed by atoms with Crippen molar-refractivity contribution in [3.8, 4) is 0 Å². The van der Waals surface area contributed by atoms with E-state index < -0.39 is 40.8 Å². The highest BCUT2D eigenvalue weighted by Gasteiger charge is 2.75. The van der Waals surface area contributed by atoms with Crippen LogP contribution in [-0.4, -0.2) is 43.3 Å². The van der Waals surface area contributed by atoms with Crippen LogP contribution in [-0.2, 0) is 28.6 Å². The van der Waals surface area contributed by atoms with Crippen molar-refractivity contribution in [3.63, 3.8) is 0 Å². The number of esters is 3. The van der Waals surface area contributed by atoms with Gasteiger partial charge in [-0.15, -0.1) is 0 Å². The standard InChI is InChI=1S/C29H28BrNO6/c1-3-35-26(33)29(27(34)36-4-2)23(20-10-7-11-22(30)17-20)28(14-15-37-25(28)32)31-24(29)21-13-12-18-8-5-6-9-19(18)16-21/h5-13,16-17,23-24,31H,3-4,14-15H2,1-2H3/t23?,24-,28-/m1/s1. The summed E-state index contributed by atoms with van der Waals surface area (Å²) >= 11 is 3.51. The van der Waals surface area contributed by atoms with E-state index in [1.54, 1.807) is 13.8 Å². The van der Waals surface area contributed by atoms with Crippen LogP contribution in [0.2, 0.25) is 0 Å². The molecule has 1 N–H and O–H groups in total. The molecule has 0 amide bonds. The Bertz CT molecular complexity index is 1360. The average Bonchev–Trinajstić information content (AvgIpc) is 3.42. The number of benzene rings is 3. The minimum absolute atomic E-state index is 0.0626. The molecule has 2 aliphatic heterocycles. The van der Waals surface area contributed by atoms with Crippen LogP contribution in [0.1, 0.15) is 43.4 Å². The molecular weight excluding hydrogens is 538 g/mol. The van der Waals surface area contributed by atoms with Crippen molar-refractivity contribution < 1.29 is 28.6 Å². The second-order valence-corrected chi connectivity index (χ2v) is 10.3. The number of rotatable bonds is 6. The minimum atomic E-state index is -1.89. The zero-order chi connectivity index (χ0) is 26.2. The quantitative estimate of drug-likeness (QED) is 0.260. The highest BCUT2D eigenvalue weighted by Crippen LogP contribution is 2.61. The van der Waals surface area contributed by atoms with Gasteiger partial charge in [-0.3, -0.25) is 19.7 Å². The lowest BCUT2D eigenvalue weighted by Gasteiger charge is -2.37. The Labute approximate surface area is 223 Å². The topological polar surface area (TPSA) is 90.9 Å². The van der Waals surface area contributed by atoms with Crippen LogP contribution in [0.25, 0.3) is 10.8 Å². The molecule has 3 atom stereocenters. The predicted molar refractivity (Wildman–Crippen MR) is 141 cm³/mol. The Morgan fingerprint density at radius 2 is 1.65 bits per heavy atom. The summed E-state index contributed by atoms with van der Waals surface area (Å²) in [5.74, 6) is -2.91. The molecule has 2 aliphatic rings. The Balaban J connectivity index is 1.84. The predicted octanol–water partition coefficient (Wildman–Crippen LogP) is 4.83. The van der Waals surface area contributed by atoms with E-state index in [0.29, 0.717) is 11.1 Å². The van der Waals surface area contributed by atoms with Gasteiger partial charge in [0.2, 0.25) is 0 Å². The lowest BCUT2D eigenvalue weighted by molar-refractivity contribution is -0.175. The number of halogens is 1. The van der Waals surface area contributed by atoms with Gasteiger partial charge in [0.05, 0.1) is 25.9 Å². The summed E-state index contributed by atoms with van der Waals surface area (Å²) in [5.41, 5.74) is -1.92. The zero-order valence-corrected chi connectivity index (χ0v) is 22.2. The first-order valence-corrected chi connectivity index (χ1v) is 13.2. The Morgan fingerprint density at radius 1 is 0.946 bits per heavy atom. The Morgan fingerprint density at radius 3 is 2.27 bits per heavy atom. The highest BCUT2D eigenvalue weighted by atomic mass is 79.9. The third kappa shape index (κ3) is 3.94. The molecule has 1 unspecified atom stereocenters. The molecule has 37 heavy (non-hydrogen) atoms. The van der Waals surface area contributed by atoms with Crippen LogP contribution in [0.4, 0.5) is 0 Å². The van der Waals surface area contributed by atoms with Crippen molar-refractivity contribution in [3.05, 3.63) is 82.3 Å². The minimum Gasteiger partial charge on any atom is -0.465 e. The van der Waals surface area contributed by atoms with E-state index in [-0.39, 0.29) is 26.2 Å². The molecule has 2 saturated heterocycles. The van der Waals surface area contributed by atoms with Crippen LogP contribution >= 0.6 is 15.9 Å². The van der Waals surface area contributed by atoms with Gasteiger partial charge in [-0.25, -0.2) is 0 Å². The number of cyclic esters (lactones) is 1. The average molecular weight is 566 g/mol.